The molecule has 0 saturated carbocycles. The average Bonchev–Trinajstić information content (AvgIpc) is 3.09. The normalized spacial score (nSPS) is 10.5. The van der Waals surface area contributed by atoms with Crippen molar-refractivity contribution in [3.63, 3.8) is 0 Å². The van der Waals surface area contributed by atoms with Crippen LogP contribution in [-0.2, 0) is 6.54 Å². The molecule has 6 heteroatoms. The molecule has 3 rings (SSSR count). The zero-order chi connectivity index (χ0) is 16.1. The van der Waals surface area contributed by atoms with Crippen LogP contribution in [0.1, 0.15) is 20.8 Å². The summed E-state index contributed by atoms with van der Waals surface area (Å²) in [5.74, 6) is 0.00725. The second-order valence-electron chi connectivity index (χ2n) is 4.81. The van der Waals surface area contributed by atoms with Crippen molar-refractivity contribution < 1.29 is 4.79 Å². The minimum absolute atomic E-state index is 0.00725. The van der Waals surface area contributed by atoms with E-state index in [1.54, 1.807) is 30.4 Å². The van der Waals surface area contributed by atoms with E-state index in [2.05, 4.69) is 15.3 Å². The highest BCUT2D eigenvalue weighted by molar-refractivity contribution is 7.98. The van der Waals surface area contributed by atoms with E-state index in [0.717, 1.165) is 15.6 Å². The minimum Gasteiger partial charge on any atom is -0.357 e. The third-order valence-corrected chi connectivity index (χ3v) is 4.91. The van der Waals surface area contributed by atoms with Crippen molar-refractivity contribution in [1.82, 2.24) is 9.97 Å². The Balaban J connectivity index is 1.69. The van der Waals surface area contributed by atoms with E-state index >= 15 is 0 Å². The number of carbonyl (C=O) groups is 1. The standard InChI is InChI=1S/C17H15N3OS2/c1-22-14-6-2-5-13(8-14)16(21)15-11-20-17(23-15)19-10-12-4-3-7-18-9-12/h2-9,11H,10H2,1H3,(H,19,20). The molecule has 2 aromatic heterocycles. The monoisotopic (exact) mass is 341 g/mol. The molecule has 0 aliphatic carbocycles. The van der Waals surface area contributed by atoms with Gasteiger partial charge in [-0.3, -0.25) is 9.78 Å². The molecule has 0 saturated heterocycles. The SMILES string of the molecule is CSc1cccc(C(=O)c2cnc(NCc3cccnc3)s2)c1. The van der Waals surface area contributed by atoms with Crippen molar-refractivity contribution >= 4 is 34.0 Å². The molecule has 1 aromatic carbocycles. The number of rotatable bonds is 6. The van der Waals surface area contributed by atoms with Gasteiger partial charge in [0, 0.05) is 29.4 Å². The molecule has 0 fully saturated rings. The molecule has 23 heavy (non-hydrogen) atoms. The second kappa shape index (κ2) is 7.39. The highest BCUT2D eigenvalue weighted by Gasteiger charge is 2.13. The Kier molecular flexibility index (Phi) is 5.05. The van der Waals surface area contributed by atoms with E-state index in [4.69, 9.17) is 0 Å². The number of pyridine rings is 1. The predicted molar refractivity (Wildman–Crippen MR) is 95.3 cm³/mol. The Morgan fingerprint density at radius 1 is 1.26 bits per heavy atom. The number of nitrogens with zero attached hydrogens (tertiary/aromatic N) is 2. The van der Waals surface area contributed by atoms with Crippen LogP contribution < -0.4 is 5.32 Å². The zero-order valence-electron chi connectivity index (χ0n) is 12.5. The third-order valence-electron chi connectivity index (χ3n) is 3.23. The van der Waals surface area contributed by atoms with Gasteiger partial charge in [0.1, 0.15) is 0 Å². The maximum atomic E-state index is 12.5. The second-order valence-corrected chi connectivity index (χ2v) is 6.72. The van der Waals surface area contributed by atoms with Gasteiger partial charge in [0.25, 0.3) is 0 Å². The van der Waals surface area contributed by atoms with E-state index in [1.807, 2.05) is 42.7 Å². The molecule has 0 aliphatic rings. The van der Waals surface area contributed by atoms with Crippen LogP contribution in [0.25, 0.3) is 0 Å². The smallest absolute Gasteiger partial charge is 0.204 e. The largest absolute Gasteiger partial charge is 0.357 e. The zero-order valence-corrected chi connectivity index (χ0v) is 14.2. The van der Waals surface area contributed by atoms with Gasteiger partial charge in [-0.25, -0.2) is 4.98 Å². The fraction of sp³-hybridized carbons (Fsp3) is 0.118. The molecule has 116 valence electrons. The fourth-order valence-electron chi connectivity index (χ4n) is 2.05. The van der Waals surface area contributed by atoms with Gasteiger partial charge in [0.15, 0.2) is 5.13 Å². The van der Waals surface area contributed by atoms with Crippen molar-refractivity contribution in [3.05, 3.63) is 71.0 Å². The first-order valence-corrected chi connectivity index (χ1v) is 9.08. The number of carbonyl (C=O) groups excluding carboxylic acids is 1. The Labute approximate surface area is 143 Å². The van der Waals surface area contributed by atoms with Crippen molar-refractivity contribution in [2.75, 3.05) is 11.6 Å². The van der Waals surface area contributed by atoms with E-state index < -0.39 is 0 Å². The molecule has 0 bridgehead atoms. The number of hydrogen-bond donors (Lipinski definition) is 1. The van der Waals surface area contributed by atoms with Crippen LogP contribution in [0.4, 0.5) is 5.13 Å². The lowest BCUT2D eigenvalue weighted by atomic mass is 10.1. The Morgan fingerprint density at radius 3 is 2.96 bits per heavy atom. The maximum absolute atomic E-state index is 12.5. The molecule has 0 atom stereocenters. The minimum atomic E-state index is 0.00725. The molecule has 0 spiro atoms. The van der Waals surface area contributed by atoms with Crippen LogP contribution in [0.15, 0.2) is 59.9 Å². The Morgan fingerprint density at radius 2 is 2.17 bits per heavy atom. The number of aromatic nitrogens is 2. The molecule has 0 unspecified atom stereocenters. The highest BCUT2D eigenvalue weighted by Crippen LogP contribution is 2.23. The molecule has 3 aromatic rings. The quantitative estimate of drug-likeness (QED) is 0.540. The summed E-state index contributed by atoms with van der Waals surface area (Å²) in [6.07, 6.45) is 7.17. The average molecular weight is 341 g/mol. The van der Waals surface area contributed by atoms with Gasteiger partial charge >= 0.3 is 0 Å². The van der Waals surface area contributed by atoms with E-state index in [1.165, 1.54) is 11.3 Å². The summed E-state index contributed by atoms with van der Waals surface area (Å²) in [4.78, 5) is 22.6. The van der Waals surface area contributed by atoms with Crippen LogP contribution in [0.3, 0.4) is 0 Å². The van der Waals surface area contributed by atoms with Gasteiger partial charge in [-0.1, -0.05) is 29.5 Å². The van der Waals surface area contributed by atoms with Gasteiger partial charge in [0.05, 0.1) is 11.1 Å². The van der Waals surface area contributed by atoms with Gasteiger partial charge in [-0.2, -0.15) is 0 Å². The van der Waals surface area contributed by atoms with Crippen molar-refractivity contribution in [3.8, 4) is 0 Å². The van der Waals surface area contributed by atoms with Crippen molar-refractivity contribution in [1.29, 1.82) is 0 Å². The molecular formula is C17H15N3OS2. The number of thiazole rings is 1. The van der Waals surface area contributed by atoms with Crippen molar-refractivity contribution in [2.45, 2.75) is 11.4 Å². The summed E-state index contributed by atoms with van der Waals surface area (Å²) in [5.41, 5.74) is 1.77. The lowest BCUT2D eigenvalue weighted by molar-refractivity contribution is 0.104. The van der Waals surface area contributed by atoms with E-state index in [-0.39, 0.29) is 5.78 Å². The molecule has 0 radical (unpaired) electrons. The maximum Gasteiger partial charge on any atom is 0.204 e. The fourth-order valence-corrected chi connectivity index (χ4v) is 3.28. The van der Waals surface area contributed by atoms with Crippen molar-refractivity contribution in [2.24, 2.45) is 0 Å². The van der Waals surface area contributed by atoms with Crippen LogP contribution in [0, 0.1) is 0 Å². The van der Waals surface area contributed by atoms with Gasteiger partial charge in [-0.05, 0) is 30.0 Å². The Hall–Kier alpha value is -2.18. The first kappa shape index (κ1) is 15.7. The first-order valence-electron chi connectivity index (χ1n) is 7.03. The summed E-state index contributed by atoms with van der Waals surface area (Å²) < 4.78 is 0. The highest BCUT2D eigenvalue weighted by atomic mass is 32.2. The molecule has 4 nitrogen and oxygen atoms in total. The number of nitrogens with one attached hydrogen (secondary N) is 1. The lowest BCUT2D eigenvalue weighted by Gasteiger charge is -2.02. The van der Waals surface area contributed by atoms with E-state index in [0.29, 0.717) is 17.0 Å². The number of benzene rings is 1. The van der Waals surface area contributed by atoms with Crippen LogP contribution >= 0.6 is 23.1 Å². The van der Waals surface area contributed by atoms with Gasteiger partial charge in [0.2, 0.25) is 5.78 Å². The molecular weight excluding hydrogens is 326 g/mol. The first-order chi connectivity index (χ1) is 11.3. The number of ketones is 1. The summed E-state index contributed by atoms with van der Waals surface area (Å²) in [6, 6.07) is 11.5. The van der Waals surface area contributed by atoms with Crippen LogP contribution in [-0.4, -0.2) is 22.0 Å². The summed E-state index contributed by atoms with van der Waals surface area (Å²) in [6.45, 7) is 0.636. The van der Waals surface area contributed by atoms with Gasteiger partial charge in [-0.15, -0.1) is 11.8 Å². The number of anilines is 1. The number of hydrogen-bond acceptors (Lipinski definition) is 6. The molecule has 0 aliphatic heterocycles. The number of thioether (sulfide) groups is 1. The van der Waals surface area contributed by atoms with Crippen LogP contribution in [0.5, 0.6) is 0 Å². The van der Waals surface area contributed by atoms with Gasteiger partial charge < -0.3 is 5.32 Å². The molecule has 2 heterocycles. The van der Waals surface area contributed by atoms with Crippen LogP contribution in [0.2, 0.25) is 0 Å². The predicted octanol–water partition coefficient (Wildman–Crippen LogP) is 4.10. The molecule has 1 N–H and O–H groups in total. The topological polar surface area (TPSA) is 54.9 Å². The summed E-state index contributed by atoms with van der Waals surface area (Å²) >= 11 is 2.99. The Bertz CT molecular complexity index is 802. The lowest BCUT2D eigenvalue weighted by Crippen LogP contribution is -1.99. The third kappa shape index (κ3) is 3.97. The summed E-state index contributed by atoms with van der Waals surface area (Å²) in [7, 11) is 0. The molecule has 0 amide bonds. The van der Waals surface area contributed by atoms with E-state index in [9.17, 15) is 4.79 Å². The summed E-state index contributed by atoms with van der Waals surface area (Å²) in [5, 5.41) is 3.96.